The second-order valence-corrected chi connectivity index (χ2v) is 11.0. The van der Waals surface area contributed by atoms with Crippen LogP contribution in [0.5, 0.6) is 0 Å². The van der Waals surface area contributed by atoms with Crippen molar-refractivity contribution in [3.05, 3.63) is 83.4 Å². The lowest BCUT2D eigenvalue weighted by molar-refractivity contribution is -0.192. The lowest BCUT2D eigenvalue weighted by atomic mass is 10.1. The van der Waals surface area contributed by atoms with Gasteiger partial charge in [0.1, 0.15) is 0 Å². The number of hydrogen-bond donors (Lipinski definition) is 3. The molecule has 1 saturated heterocycles. The number of rotatable bonds is 7. The number of aromatic carboxylic acids is 1. The van der Waals surface area contributed by atoms with Crippen molar-refractivity contribution in [3.63, 3.8) is 0 Å². The highest BCUT2D eigenvalue weighted by Crippen LogP contribution is 2.31. The van der Waals surface area contributed by atoms with Gasteiger partial charge in [0.25, 0.3) is 10.0 Å². The first-order valence-corrected chi connectivity index (χ1v) is 13.9. The molecule has 1 heterocycles. The first-order chi connectivity index (χ1) is 19.6. The van der Waals surface area contributed by atoms with Crippen LogP contribution < -0.4 is 14.5 Å². The zero-order valence-corrected chi connectivity index (χ0v) is 23.4. The van der Waals surface area contributed by atoms with Gasteiger partial charge in [-0.3, -0.25) is 9.52 Å². The van der Waals surface area contributed by atoms with E-state index in [2.05, 4.69) is 9.62 Å². The van der Waals surface area contributed by atoms with Gasteiger partial charge in [-0.1, -0.05) is 17.7 Å². The molecule has 0 aliphatic carbocycles. The third-order valence-electron chi connectivity index (χ3n) is 6.32. The average Bonchev–Trinajstić information content (AvgIpc) is 2.93. The number of aryl methyl sites for hydroxylation is 1. The maximum absolute atomic E-state index is 13.0. The van der Waals surface area contributed by atoms with E-state index in [0.29, 0.717) is 37.4 Å². The fourth-order valence-electron chi connectivity index (χ4n) is 4.06. The maximum Gasteiger partial charge on any atom is 0.490 e. The molecule has 0 unspecified atom stereocenters. The Balaban J connectivity index is 0.000000616. The minimum atomic E-state index is -5.08. The molecule has 1 aliphatic heterocycles. The molecular formula is C28H28F3N3O7S. The van der Waals surface area contributed by atoms with Crippen molar-refractivity contribution in [2.45, 2.75) is 24.9 Å². The number of sulfonamides is 1. The van der Waals surface area contributed by atoms with Crippen molar-refractivity contribution in [2.24, 2.45) is 0 Å². The largest absolute Gasteiger partial charge is 0.490 e. The van der Waals surface area contributed by atoms with Crippen molar-refractivity contribution in [1.82, 2.24) is 0 Å². The van der Waals surface area contributed by atoms with E-state index < -0.39 is 28.1 Å². The Morgan fingerprint density at radius 3 is 1.79 bits per heavy atom. The number of piperazine rings is 1. The molecule has 3 aromatic rings. The molecule has 0 atom stereocenters. The second-order valence-electron chi connectivity index (χ2n) is 9.34. The average molecular weight is 608 g/mol. The summed E-state index contributed by atoms with van der Waals surface area (Å²) < 4.78 is 60.4. The number of alkyl halides is 3. The maximum atomic E-state index is 13.0. The number of nitrogens with zero attached hydrogens (tertiary/aromatic N) is 2. The number of Topliss-reactive ketones (excluding diaryl/α,β-unsaturated/α-hetero) is 1. The van der Waals surface area contributed by atoms with Crippen LogP contribution in [-0.4, -0.2) is 68.7 Å². The van der Waals surface area contributed by atoms with Crippen molar-refractivity contribution in [1.29, 1.82) is 0 Å². The zero-order valence-electron chi connectivity index (χ0n) is 22.6. The monoisotopic (exact) mass is 607 g/mol. The van der Waals surface area contributed by atoms with Gasteiger partial charge in [0.05, 0.1) is 21.8 Å². The summed E-state index contributed by atoms with van der Waals surface area (Å²) in [5, 5.41) is 16.6. The van der Waals surface area contributed by atoms with Crippen LogP contribution in [0.2, 0.25) is 0 Å². The molecule has 0 radical (unpaired) electrons. The molecule has 224 valence electrons. The van der Waals surface area contributed by atoms with Gasteiger partial charge in [0, 0.05) is 37.4 Å². The Bertz CT molecular complexity index is 1550. The molecule has 0 saturated carbocycles. The third-order valence-corrected chi connectivity index (χ3v) is 7.70. The van der Waals surface area contributed by atoms with Gasteiger partial charge >= 0.3 is 18.1 Å². The van der Waals surface area contributed by atoms with Crippen molar-refractivity contribution in [3.8, 4) is 0 Å². The van der Waals surface area contributed by atoms with E-state index in [0.717, 1.165) is 11.3 Å². The normalized spacial score (nSPS) is 13.5. The number of carbonyl (C=O) groups is 3. The van der Waals surface area contributed by atoms with Crippen molar-refractivity contribution >= 4 is 44.8 Å². The van der Waals surface area contributed by atoms with Crippen LogP contribution in [0.3, 0.4) is 0 Å². The first kappa shape index (κ1) is 31.9. The van der Waals surface area contributed by atoms with E-state index in [4.69, 9.17) is 9.90 Å². The number of aliphatic carboxylic acids is 1. The molecule has 0 bridgehead atoms. The van der Waals surface area contributed by atoms with Crippen LogP contribution in [0.25, 0.3) is 0 Å². The van der Waals surface area contributed by atoms with Gasteiger partial charge < -0.3 is 20.0 Å². The Kier molecular flexibility index (Phi) is 9.83. The molecule has 10 nitrogen and oxygen atoms in total. The van der Waals surface area contributed by atoms with E-state index in [9.17, 15) is 36.3 Å². The fourth-order valence-corrected chi connectivity index (χ4v) is 5.13. The van der Waals surface area contributed by atoms with E-state index in [-0.39, 0.29) is 21.9 Å². The summed E-state index contributed by atoms with van der Waals surface area (Å²) in [6.07, 6.45) is -5.08. The predicted molar refractivity (Wildman–Crippen MR) is 150 cm³/mol. The lowest BCUT2D eigenvalue weighted by Gasteiger charge is -2.38. The Hall–Kier alpha value is -4.59. The van der Waals surface area contributed by atoms with E-state index >= 15 is 0 Å². The summed E-state index contributed by atoms with van der Waals surface area (Å²) in [6.45, 7) is 6.00. The number of halogens is 3. The lowest BCUT2D eigenvalue weighted by Crippen LogP contribution is -2.46. The van der Waals surface area contributed by atoms with Crippen LogP contribution in [0, 0.1) is 6.92 Å². The number of carbonyl (C=O) groups excluding carboxylic acids is 1. The first-order valence-electron chi connectivity index (χ1n) is 12.5. The van der Waals surface area contributed by atoms with E-state index in [1.54, 1.807) is 18.2 Å². The van der Waals surface area contributed by atoms with Gasteiger partial charge in [-0.15, -0.1) is 0 Å². The molecule has 42 heavy (non-hydrogen) atoms. The number of hydrogen-bond acceptors (Lipinski definition) is 7. The molecule has 3 aromatic carbocycles. The highest BCUT2D eigenvalue weighted by molar-refractivity contribution is 7.92. The molecule has 0 aromatic heterocycles. The second kappa shape index (κ2) is 12.9. The molecule has 3 N–H and O–H groups in total. The summed E-state index contributed by atoms with van der Waals surface area (Å²) in [4.78, 5) is 36.3. The van der Waals surface area contributed by atoms with Gasteiger partial charge in [0.2, 0.25) is 0 Å². The highest BCUT2D eigenvalue weighted by Gasteiger charge is 2.38. The smallest absolute Gasteiger partial charge is 0.478 e. The number of ketones is 1. The molecule has 1 fully saturated rings. The van der Waals surface area contributed by atoms with Crippen LogP contribution in [0.4, 0.5) is 30.2 Å². The topological polar surface area (TPSA) is 144 Å². The summed E-state index contributed by atoms with van der Waals surface area (Å²) >= 11 is 0. The molecule has 1 aliphatic rings. The quantitative estimate of drug-likeness (QED) is 0.327. The van der Waals surface area contributed by atoms with Crippen molar-refractivity contribution in [2.75, 3.05) is 40.7 Å². The Morgan fingerprint density at radius 2 is 1.31 bits per heavy atom. The Morgan fingerprint density at radius 1 is 0.810 bits per heavy atom. The van der Waals surface area contributed by atoms with Crippen molar-refractivity contribution < 1.29 is 46.2 Å². The van der Waals surface area contributed by atoms with E-state index in [1.807, 2.05) is 36.1 Å². The molecular weight excluding hydrogens is 579 g/mol. The summed E-state index contributed by atoms with van der Waals surface area (Å²) in [5.74, 6) is -3.87. The standard InChI is InChI=1S/C26H27N3O5S.C2HF3O2/c1-18-3-10-23(11-4-18)35(33,34)27-24-17-21(26(31)32)7-12-25(24)29-15-13-28(14-16-29)22-8-5-20(6-9-22)19(2)30;3-2(4,5)1(6)7/h3-12,17,27H,13-16H2,1-2H3,(H,31,32);(H,6,7). The number of carboxylic acids is 2. The highest BCUT2D eigenvalue weighted by atomic mass is 32.2. The third kappa shape index (κ3) is 8.22. The summed E-state index contributed by atoms with van der Waals surface area (Å²) in [7, 11) is -3.91. The summed E-state index contributed by atoms with van der Waals surface area (Å²) in [6, 6.07) is 18.4. The summed E-state index contributed by atoms with van der Waals surface area (Å²) in [5.41, 5.74) is 3.46. The number of nitrogens with one attached hydrogen (secondary N) is 1. The fraction of sp³-hybridized carbons (Fsp3) is 0.250. The molecule has 0 spiro atoms. The molecule has 4 rings (SSSR count). The predicted octanol–water partition coefficient (Wildman–Crippen LogP) is 4.66. The van der Waals surface area contributed by atoms with Gasteiger partial charge in [-0.2, -0.15) is 13.2 Å². The molecule has 0 amide bonds. The minimum absolute atomic E-state index is 0.000414. The van der Waals surface area contributed by atoms with Crippen LogP contribution >= 0.6 is 0 Å². The van der Waals surface area contributed by atoms with Gasteiger partial charge in [0.15, 0.2) is 5.78 Å². The van der Waals surface area contributed by atoms with Gasteiger partial charge in [-0.05, 0) is 68.4 Å². The van der Waals surface area contributed by atoms with Crippen LogP contribution in [0.1, 0.15) is 33.2 Å². The van der Waals surface area contributed by atoms with Crippen LogP contribution in [-0.2, 0) is 14.8 Å². The van der Waals surface area contributed by atoms with E-state index in [1.165, 1.54) is 31.2 Å². The molecule has 14 heteroatoms. The number of carboxylic acid groups (broad SMARTS) is 2. The van der Waals surface area contributed by atoms with Gasteiger partial charge in [-0.25, -0.2) is 18.0 Å². The Labute approximate surface area is 240 Å². The zero-order chi connectivity index (χ0) is 31.2. The minimum Gasteiger partial charge on any atom is -0.478 e. The van der Waals surface area contributed by atoms with Crippen LogP contribution in [0.15, 0.2) is 71.6 Å². The number of benzene rings is 3. The number of anilines is 3. The SMILES string of the molecule is CC(=O)c1ccc(N2CCN(c3ccc(C(=O)O)cc3NS(=O)(=O)c3ccc(C)cc3)CC2)cc1.O=C(O)C(F)(F)F.